The normalized spacial score (nSPS) is 11.1. The van der Waals surface area contributed by atoms with E-state index >= 15 is 0 Å². The fraction of sp³-hybridized carbons (Fsp3) is 0.357. The zero-order valence-corrected chi connectivity index (χ0v) is 11.5. The molecule has 5 nitrogen and oxygen atoms in total. The molecular weight excluding hydrogens is 248 g/mol. The van der Waals surface area contributed by atoms with E-state index in [4.69, 9.17) is 19.3 Å². The number of carbonyl (C=O) groups is 1. The van der Waals surface area contributed by atoms with Crippen molar-refractivity contribution in [2.45, 2.75) is 13.3 Å². The molecule has 0 aliphatic rings. The van der Waals surface area contributed by atoms with E-state index in [0.29, 0.717) is 17.2 Å². The minimum atomic E-state index is -0.876. The van der Waals surface area contributed by atoms with E-state index < -0.39 is 5.97 Å². The van der Waals surface area contributed by atoms with Crippen molar-refractivity contribution in [1.82, 2.24) is 0 Å². The number of benzene rings is 1. The molecule has 0 atom stereocenters. The third kappa shape index (κ3) is 3.40. The monoisotopic (exact) mass is 266 g/mol. The van der Waals surface area contributed by atoms with Gasteiger partial charge in [-0.15, -0.1) is 0 Å². The summed E-state index contributed by atoms with van der Waals surface area (Å²) in [4.78, 5) is 10.6. The Morgan fingerprint density at radius 2 is 1.79 bits per heavy atom. The van der Waals surface area contributed by atoms with E-state index in [1.807, 2.05) is 13.0 Å². The molecule has 0 radical (unpaired) electrons. The highest BCUT2D eigenvalue weighted by Crippen LogP contribution is 2.42. The predicted molar refractivity (Wildman–Crippen MR) is 72.0 cm³/mol. The third-order valence-electron chi connectivity index (χ3n) is 2.71. The van der Waals surface area contributed by atoms with E-state index in [-0.39, 0.29) is 6.42 Å². The smallest absolute Gasteiger partial charge is 0.307 e. The SMILES string of the molecule is COc1ccc(/C(C)=C/CC(=O)O)c(OC)c1OC. The van der Waals surface area contributed by atoms with Crippen molar-refractivity contribution in [2.24, 2.45) is 0 Å². The van der Waals surface area contributed by atoms with Crippen molar-refractivity contribution >= 4 is 11.5 Å². The molecule has 1 N–H and O–H groups in total. The first-order valence-electron chi connectivity index (χ1n) is 5.73. The number of ether oxygens (including phenoxy) is 3. The summed E-state index contributed by atoms with van der Waals surface area (Å²) in [5, 5.41) is 8.70. The third-order valence-corrected chi connectivity index (χ3v) is 2.71. The van der Waals surface area contributed by atoms with Crippen LogP contribution in [0.4, 0.5) is 0 Å². The minimum absolute atomic E-state index is 0.0384. The summed E-state index contributed by atoms with van der Waals surface area (Å²) in [6.45, 7) is 1.83. The van der Waals surface area contributed by atoms with Gasteiger partial charge >= 0.3 is 5.97 Å². The number of carboxylic acids is 1. The minimum Gasteiger partial charge on any atom is -0.493 e. The standard InChI is InChI=1S/C14H18O5/c1-9(5-8-12(15)16)10-6-7-11(17-2)14(19-4)13(10)18-3/h5-7H,8H2,1-4H3,(H,15,16)/b9-5+. The van der Waals surface area contributed by atoms with Gasteiger partial charge in [0.05, 0.1) is 27.8 Å². The highest BCUT2D eigenvalue weighted by Gasteiger charge is 2.16. The van der Waals surface area contributed by atoms with Gasteiger partial charge < -0.3 is 19.3 Å². The average molecular weight is 266 g/mol. The van der Waals surface area contributed by atoms with Gasteiger partial charge in [-0.05, 0) is 24.6 Å². The van der Waals surface area contributed by atoms with Gasteiger partial charge in [-0.3, -0.25) is 4.79 Å². The van der Waals surface area contributed by atoms with Gasteiger partial charge in [0.25, 0.3) is 0 Å². The largest absolute Gasteiger partial charge is 0.493 e. The maximum Gasteiger partial charge on any atom is 0.307 e. The molecule has 0 aliphatic carbocycles. The van der Waals surface area contributed by atoms with Gasteiger partial charge in [0, 0.05) is 5.56 Å². The fourth-order valence-corrected chi connectivity index (χ4v) is 1.76. The van der Waals surface area contributed by atoms with Gasteiger partial charge in [0.15, 0.2) is 11.5 Å². The molecule has 0 saturated heterocycles. The lowest BCUT2D eigenvalue weighted by molar-refractivity contribution is -0.135. The summed E-state index contributed by atoms with van der Waals surface area (Å²) in [6.07, 6.45) is 1.59. The molecule has 104 valence electrons. The van der Waals surface area contributed by atoms with Gasteiger partial charge in [-0.25, -0.2) is 0 Å². The maximum absolute atomic E-state index is 10.6. The van der Waals surface area contributed by atoms with E-state index in [9.17, 15) is 4.79 Å². The molecule has 0 spiro atoms. The van der Waals surface area contributed by atoms with Gasteiger partial charge in [0.1, 0.15) is 0 Å². The first kappa shape index (κ1) is 14.9. The van der Waals surface area contributed by atoms with Crippen LogP contribution in [-0.4, -0.2) is 32.4 Å². The van der Waals surface area contributed by atoms with Gasteiger partial charge in [-0.1, -0.05) is 6.08 Å². The lowest BCUT2D eigenvalue weighted by Gasteiger charge is -2.16. The number of carboxylic acid groups (broad SMARTS) is 1. The Morgan fingerprint density at radius 1 is 1.16 bits per heavy atom. The predicted octanol–water partition coefficient (Wildman–Crippen LogP) is 2.59. The Hall–Kier alpha value is -2.17. The fourth-order valence-electron chi connectivity index (χ4n) is 1.76. The van der Waals surface area contributed by atoms with Crippen LogP contribution in [0.15, 0.2) is 18.2 Å². The second-order valence-corrected chi connectivity index (χ2v) is 3.87. The van der Waals surface area contributed by atoms with Crippen LogP contribution >= 0.6 is 0 Å². The van der Waals surface area contributed by atoms with E-state index in [2.05, 4.69) is 0 Å². The number of rotatable bonds is 6. The lowest BCUT2D eigenvalue weighted by atomic mass is 10.0. The average Bonchev–Trinajstić information content (AvgIpc) is 2.42. The zero-order valence-electron chi connectivity index (χ0n) is 11.5. The Balaban J connectivity index is 3.28. The highest BCUT2D eigenvalue weighted by molar-refractivity contribution is 5.77. The molecule has 0 aliphatic heterocycles. The van der Waals surface area contributed by atoms with Crippen molar-refractivity contribution in [3.8, 4) is 17.2 Å². The van der Waals surface area contributed by atoms with Crippen LogP contribution in [0.25, 0.3) is 5.57 Å². The van der Waals surface area contributed by atoms with Crippen molar-refractivity contribution in [2.75, 3.05) is 21.3 Å². The second-order valence-electron chi connectivity index (χ2n) is 3.87. The molecule has 5 heteroatoms. The van der Waals surface area contributed by atoms with Crippen molar-refractivity contribution in [3.63, 3.8) is 0 Å². The maximum atomic E-state index is 10.6. The molecule has 0 aromatic heterocycles. The van der Waals surface area contributed by atoms with Crippen LogP contribution in [0.1, 0.15) is 18.9 Å². The summed E-state index contributed by atoms with van der Waals surface area (Å²) < 4.78 is 15.8. The second kappa shape index (κ2) is 6.68. The molecule has 0 amide bonds. The Kier molecular flexibility index (Phi) is 5.23. The Labute approximate surface area is 112 Å². The van der Waals surface area contributed by atoms with E-state index in [1.165, 1.54) is 14.2 Å². The number of hydrogen-bond acceptors (Lipinski definition) is 4. The van der Waals surface area contributed by atoms with Crippen molar-refractivity contribution < 1.29 is 24.1 Å². The van der Waals surface area contributed by atoms with Gasteiger partial charge in [-0.2, -0.15) is 0 Å². The molecule has 0 saturated carbocycles. The lowest BCUT2D eigenvalue weighted by Crippen LogP contribution is -1.98. The van der Waals surface area contributed by atoms with Crippen LogP contribution < -0.4 is 14.2 Å². The Bertz CT molecular complexity index is 491. The molecular formula is C14H18O5. The molecule has 0 unspecified atom stereocenters. The van der Waals surface area contributed by atoms with E-state index in [1.54, 1.807) is 19.3 Å². The van der Waals surface area contributed by atoms with Crippen LogP contribution in [0.5, 0.6) is 17.2 Å². The summed E-state index contributed by atoms with van der Waals surface area (Å²) >= 11 is 0. The van der Waals surface area contributed by atoms with Crippen molar-refractivity contribution in [1.29, 1.82) is 0 Å². The number of methoxy groups -OCH3 is 3. The molecule has 1 aromatic carbocycles. The molecule has 0 bridgehead atoms. The topological polar surface area (TPSA) is 65.0 Å². The van der Waals surface area contributed by atoms with Crippen molar-refractivity contribution in [3.05, 3.63) is 23.8 Å². The zero-order chi connectivity index (χ0) is 14.4. The Morgan fingerprint density at radius 3 is 2.26 bits per heavy atom. The molecule has 0 fully saturated rings. The molecule has 0 heterocycles. The number of hydrogen-bond donors (Lipinski definition) is 1. The van der Waals surface area contributed by atoms with Gasteiger partial charge in [0.2, 0.25) is 5.75 Å². The first-order chi connectivity index (χ1) is 9.04. The summed E-state index contributed by atoms with van der Waals surface area (Å²) in [5.41, 5.74) is 1.58. The molecule has 1 aromatic rings. The van der Waals surface area contributed by atoms with Crippen LogP contribution in [0.2, 0.25) is 0 Å². The summed E-state index contributed by atoms with van der Waals surface area (Å²) in [7, 11) is 4.61. The van der Waals surface area contributed by atoms with Crippen LogP contribution in [-0.2, 0) is 4.79 Å². The molecule has 1 rings (SSSR count). The summed E-state index contributed by atoms with van der Waals surface area (Å²) in [5.74, 6) is 0.708. The van der Waals surface area contributed by atoms with Crippen LogP contribution in [0.3, 0.4) is 0 Å². The quantitative estimate of drug-likeness (QED) is 0.857. The number of aliphatic carboxylic acids is 1. The summed E-state index contributed by atoms with van der Waals surface area (Å²) in [6, 6.07) is 3.57. The molecule has 19 heavy (non-hydrogen) atoms. The number of allylic oxidation sites excluding steroid dienone is 1. The van der Waals surface area contributed by atoms with E-state index in [0.717, 1.165) is 11.1 Å². The first-order valence-corrected chi connectivity index (χ1v) is 5.73. The van der Waals surface area contributed by atoms with Crippen LogP contribution in [0, 0.1) is 0 Å². The highest BCUT2D eigenvalue weighted by atomic mass is 16.5.